The van der Waals surface area contributed by atoms with E-state index in [0.29, 0.717) is 0 Å². The Kier molecular flexibility index (Phi) is 3.88. The molecule has 0 atom stereocenters. The third-order valence-electron chi connectivity index (χ3n) is 3.07. The van der Waals surface area contributed by atoms with Crippen molar-refractivity contribution in [3.8, 4) is 11.3 Å². The Morgan fingerprint density at radius 1 is 0.900 bits per heavy atom. The van der Waals surface area contributed by atoms with Gasteiger partial charge in [-0.05, 0) is 35.7 Å². The molecule has 0 aliphatic heterocycles. The number of aromatic nitrogens is 2. The van der Waals surface area contributed by atoms with Gasteiger partial charge in [-0.2, -0.15) is 0 Å². The van der Waals surface area contributed by atoms with E-state index in [1.807, 2.05) is 6.07 Å². The van der Waals surface area contributed by atoms with Gasteiger partial charge in [0.1, 0.15) is 0 Å². The molecule has 1 aromatic heterocycles. The van der Waals surface area contributed by atoms with Gasteiger partial charge in [0, 0.05) is 22.4 Å². The van der Waals surface area contributed by atoms with Crippen LogP contribution in [0.3, 0.4) is 0 Å². The molecule has 0 saturated heterocycles. The first-order valence-corrected chi connectivity index (χ1v) is 7.20. The van der Waals surface area contributed by atoms with Crippen molar-refractivity contribution in [2.75, 3.05) is 0 Å². The van der Waals surface area contributed by atoms with Gasteiger partial charge in [-0.15, -0.1) is 0 Å². The van der Waals surface area contributed by atoms with E-state index in [1.54, 1.807) is 18.6 Å². The molecule has 2 aromatic carbocycles. The number of benzene rings is 2. The van der Waals surface area contributed by atoms with E-state index in [0.717, 1.165) is 22.2 Å². The normalized spacial score (nSPS) is 10.4. The zero-order valence-corrected chi connectivity index (χ0v) is 12.4. The Morgan fingerprint density at radius 3 is 2.50 bits per heavy atom. The summed E-state index contributed by atoms with van der Waals surface area (Å²) in [6, 6.07) is 16.8. The van der Waals surface area contributed by atoms with Gasteiger partial charge in [0.05, 0.1) is 11.9 Å². The molecular weight excluding hydrogens is 312 g/mol. The molecule has 20 heavy (non-hydrogen) atoms. The molecule has 0 amide bonds. The molecule has 3 heteroatoms. The summed E-state index contributed by atoms with van der Waals surface area (Å²) in [4.78, 5) is 8.48. The molecule has 0 N–H and O–H groups in total. The van der Waals surface area contributed by atoms with Crippen molar-refractivity contribution in [3.63, 3.8) is 0 Å². The molecule has 1 heterocycles. The largest absolute Gasteiger partial charge is 0.261 e. The summed E-state index contributed by atoms with van der Waals surface area (Å²) in [6.07, 6.45) is 6.10. The molecule has 0 unspecified atom stereocenters. The predicted octanol–water partition coefficient (Wildman–Crippen LogP) is 4.50. The van der Waals surface area contributed by atoms with Gasteiger partial charge in [0.2, 0.25) is 0 Å². The Labute approximate surface area is 126 Å². The highest BCUT2D eigenvalue weighted by Crippen LogP contribution is 2.24. The summed E-state index contributed by atoms with van der Waals surface area (Å²) in [5, 5.41) is 0. The van der Waals surface area contributed by atoms with Crippen molar-refractivity contribution in [2.45, 2.75) is 6.42 Å². The highest BCUT2D eigenvalue weighted by atomic mass is 79.9. The quantitative estimate of drug-likeness (QED) is 0.709. The summed E-state index contributed by atoms with van der Waals surface area (Å²) in [5.41, 5.74) is 4.53. The number of hydrogen-bond acceptors (Lipinski definition) is 2. The van der Waals surface area contributed by atoms with Crippen LogP contribution in [0.5, 0.6) is 0 Å². The maximum Gasteiger partial charge on any atom is 0.0885 e. The molecule has 3 rings (SSSR count). The molecule has 2 nitrogen and oxygen atoms in total. The fourth-order valence-electron chi connectivity index (χ4n) is 2.18. The third kappa shape index (κ3) is 3.11. The Balaban J connectivity index is 1.95. The van der Waals surface area contributed by atoms with Crippen LogP contribution in [-0.4, -0.2) is 9.97 Å². The lowest BCUT2D eigenvalue weighted by Gasteiger charge is -2.07. The monoisotopic (exact) mass is 324 g/mol. The van der Waals surface area contributed by atoms with Crippen LogP contribution in [0.4, 0.5) is 0 Å². The second kappa shape index (κ2) is 5.97. The van der Waals surface area contributed by atoms with Gasteiger partial charge in [0.25, 0.3) is 0 Å². The van der Waals surface area contributed by atoms with E-state index in [4.69, 9.17) is 0 Å². The minimum absolute atomic E-state index is 0.892. The van der Waals surface area contributed by atoms with Gasteiger partial charge >= 0.3 is 0 Å². The van der Waals surface area contributed by atoms with Crippen molar-refractivity contribution < 1.29 is 0 Å². The molecule has 0 aliphatic carbocycles. The molecule has 0 aliphatic rings. The van der Waals surface area contributed by atoms with Crippen molar-refractivity contribution in [1.29, 1.82) is 0 Å². The molecule has 0 spiro atoms. The second-order valence-corrected chi connectivity index (χ2v) is 5.52. The molecule has 98 valence electrons. The van der Waals surface area contributed by atoms with Crippen LogP contribution in [0.15, 0.2) is 71.6 Å². The van der Waals surface area contributed by atoms with E-state index in [9.17, 15) is 0 Å². The number of halogens is 1. The van der Waals surface area contributed by atoms with Crippen LogP contribution >= 0.6 is 15.9 Å². The Morgan fingerprint density at radius 2 is 1.75 bits per heavy atom. The summed E-state index contributed by atoms with van der Waals surface area (Å²) in [7, 11) is 0. The summed E-state index contributed by atoms with van der Waals surface area (Å²) in [5.74, 6) is 0. The van der Waals surface area contributed by atoms with Crippen molar-refractivity contribution in [2.24, 2.45) is 0 Å². The molecule has 0 fully saturated rings. The fraction of sp³-hybridized carbons (Fsp3) is 0.0588. The molecular formula is C17H13BrN2. The maximum absolute atomic E-state index is 4.35. The standard InChI is InChI=1S/C17H13BrN2/c18-16-10-14(8-13-4-2-1-3-5-13)9-15(11-16)17-12-19-6-7-20-17/h1-7,9-12H,8H2. The van der Waals surface area contributed by atoms with Crippen LogP contribution in [0, 0.1) is 0 Å². The highest BCUT2D eigenvalue weighted by Gasteiger charge is 2.04. The minimum atomic E-state index is 0.892. The smallest absolute Gasteiger partial charge is 0.0885 e. The van der Waals surface area contributed by atoms with Gasteiger partial charge in [-0.1, -0.05) is 46.3 Å². The lowest BCUT2D eigenvalue weighted by atomic mass is 10.0. The first-order chi connectivity index (χ1) is 9.81. The maximum atomic E-state index is 4.35. The third-order valence-corrected chi connectivity index (χ3v) is 3.53. The van der Waals surface area contributed by atoms with Crippen molar-refractivity contribution in [3.05, 3.63) is 82.7 Å². The average molecular weight is 325 g/mol. The summed E-state index contributed by atoms with van der Waals surface area (Å²) in [6.45, 7) is 0. The minimum Gasteiger partial charge on any atom is -0.261 e. The Bertz CT molecular complexity index is 697. The van der Waals surface area contributed by atoms with E-state index in [-0.39, 0.29) is 0 Å². The van der Waals surface area contributed by atoms with E-state index < -0.39 is 0 Å². The van der Waals surface area contributed by atoms with Gasteiger partial charge in [0.15, 0.2) is 0 Å². The van der Waals surface area contributed by atoms with Gasteiger partial charge in [-0.25, -0.2) is 0 Å². The predicted molar refractivity (Wildman–Crippen MR) is 84.4 cm³/mol. The lowest BCUT2D eigenvalue weighted by molar-refractivity contribution is 1.17. The fourth-order valence-corrected chi connectivity index (χ4v) is 2.72. The highest BCUT2D eigenvalue weighted by molar-refractivity contribution is 9.10. The van der Waals surface area contributed by atoms with Gasteiger partial charge in [-0.3, -0.25) is 9.97 Å². The van der Waals surface area contributed by atoms with Crippen LogP contribution in [-0.2, 0) is 6.42 Å². The number of nitrogens with zero attached hydrogens (tertiary/aromatic N) is 2. The van der Waals surface area contributed by atoms with Crippen molar-refractivity contribution >= 4 is 15.9 Å². The zero-order valence-electron chi connectivity index (χ0n) is 10.8. The first kappa shape index (κ1) is 13.0. The number of hydrogen-bond donors (Lipinski definition) is 0. The average Bonchev–Trinajstić information content (AvgIpc) is 2.49. The summed E-state index contributed by atoms with van der Waals surface area (Å²) >= 11 is 3.58. The number of rotatable bonds is 3. The van der Waals surface area contributed by atoms with E-state index in [2.05, 4.69) is 68.4 Å². The van der Waals surface area contributed by atoms with Crippen LogP contribution in [0.1, 0.15) is 11.1 Å². The second-order valence-electron chi connectivity index (χ2n) is 4.60. The lowest BCUT2D eigenvalue weighted by Crippen LogP contribution is -1.91. The molecule has 0 radical (unpaired) electrons. The molecule has 0 bridgehead atoms. The van der Waals surface area contributed by atoms with Crippen LogP contribution < -0.4 is 0 Å². The van der Waals surface area contributed by atoms with Crippen LogP contribution in [0.25, 0.3) is 11.3 Å². The summed E-state index contributed by atoms with van der Waals surface area (Å²) < 4.78 is 1.06. The van der Waals surface area contributed by atoms with E-state index in [1.165, 1.54) is 11.1 Å². The first-order valence-electron chi connectivity index (χ1n) is 6.41. The van der Waals surface area contributed by atoms with Gasteiger partial charge < -0.3 is 0 Å². The molecule has 0 saturated carbocycles. The SMILES string of the molecule is Brc1cc(Cc2ccccc2)cc(-c2cnccn2)c1. The van der Waals surface area contributed by atoms with Crippen LogP contribution in [0.2, 0.25) is 0 Å². The topological polar surface area (TPSA) is 25.8 Å². The molecule has 3 aromatic rings. The zero-order chi connectivity index (χ0) is 13.8. The van der Waals surface area contributed by atoms with Crippen molar-refractivity contribution in [1.82, 2.24) is 9.97 Å². The van der Waals surface area contributed by atoms with E-state index >= 15 is 0 Å². The Hall–Kier alpha value is -2.00.